The van der Waals surface area contributed by atoms with Crippen molar-refractivity contribution in [1.82, 2.24) is 4.90 Å². The van der Waals surface area contributed by atoms with Gasteiger partial charge >= 0.3 is 0 Å². The number of nitrogens with zero attached hydrogens (tertiary/aromatic N) is 1. The smallest absolute Gasteiger partial charge is 0.138 e. The number of Topliss-reactive ketones (excluding diaryl/α,β-unsaturated/α-hetero) is 1. The quantitative estimate of drug-likeness (QED) is 0.693. The van der Waals surface area contributed by atoms with Gasteiger partial charge in [0.15, 0.2) is 0 Å². The number of aliphatic hydroxyl groups is 1. The maximum absolute atomic E-state index is 11.5. The Morgan fingerprint density at radius 2 is 2.14 bits per heavy atom. The van der Waals surface area contributed by atoms with Gasteiger partial charge in [0, 0.05) is 39.1 Å². The van der Waals surface area contributed by atoms with Gasteiger partial charge < -0.3 is 9.84 Å². The number of carbonyl (C=O) groups is 1. The predicted molar refractivity (Wildman–Crippen MR) is 52.9 cm³/mol. The van der Waals surface area contributed by atoms with Crippen LogP contribution < -0.4 is 0 Å². The summed E-state index contributed by atoms with van der Waals surface area (Å²) in [6, 6.07) is 0. The number of ketones is 1. The number of aliphatic hydroxyl groups excluding tert-OH is 1. The Morgan fingerprint density at radius 3 is 2.64 bits per heavy atom. The molecule has 82 valence electrons. The van der Waals surface area contributed by atoms with Crippen LogP contribution in [-0.2, 0) is 9.53 Å². The van der Waals surface area contributed by atoms with Crippen molar-refractivity contribution in [1.29, 1.82) is 0 Å². The fourth-order valence-electron chi connectivity index (χ4n) is 1.88. The van der Waals surface area contributed by atoms with Crippen LogP contribution >= 0.6 is 0 Å². The van der Waals surface area contributed by atoms with Crippen molar-refractivity contribution in [3.05, 3.63) is 0 Å². The van der Waals surface area contributed by atoms with E-state index >= 15 is 0 Å². The third-order valence-electron chi connectivity index (χ3n) is 2.71. The first-order valence-electron chi connectivity index (χ1n) is 5.12. The van der Waals surface area contributed by atoms with Gasteiger partial charge in [-0.25, -0.2) is 0 Å². The lowest BCUT2D eigenvalue weighted by Gasteiger charge is -2.30. The molecule has 1 aliphatic rings. The van der Waals surface area contributed by atoms with Crippen LogP contribution in [0.25, 0.3) is 0 Å². The average molecular weight is 201 g/mol. The second-order valence-electron chi connectivity index (χ2n) is 3.75. The topological polar surface area (TPSA) is 49.8 Å². The molecule has 4 heteroatoms. The largest absolute Gasteiger partial charge is 0.396 e. The molecule has 14 heavy (non-hydrogen) atoms. The first-order chi connectivity index (χ1) is 6.77. The van der Waals surface area contributed by atoms with Crippen molar-refractivity contribution in [2.45, 2.75) is 19.3 Å². The molecule has 0 aliphatic carbocycles. The highest BCUT2D eigenvalue weighted by molar-refractivity contribution is 5.81. The van der Waals surface area contributed by atoms with Crippen LogP contribution in [0.15, 0.2) is 0 Å². The second-order valence-corrected chi connectivity index (χ2v) is 3.75. The van der Waals surface area contributed by atoms with Crippen molar-refractivity contribution < 1.29 is 14.6 Å². The second kappa shape index (κ2) is 6.11. The lowest BCUT2D eigenvalue weighted by Crippen LogP contribution is -2.37. The zero-order valence-electron chi connectivity index (χ0n) is 8.74. The van der Waals surface area contributed by atoms with E-state index in [0.717, 1.165) is 25.9 Å². The monoisotopic (exact) mass is 201 g/mol. The van der Waals surface area contributed by atoms with Crippen molar-refractivity contribution >= 4 is 5.78 Å². The van der Waals surface area contributed by atoms with E-state index in [2.05, 4.69) is 4.90 Å². The molecule has 1 aliphatic heterocycles. The Balaban J connectivity index is 2.24. The maximum atomic E-state index is 11.5. The molecule has 0 aromatic heterocycles. The number of piperidine rings is 1. The summed E-state index contributed by atoms with van der Waals surface area (Å²) in [5.74, 6) is 0.375. The predicted octanol–water partition coefficient (Wildman–Crippen LogP) is 0.254. The molecule has 0 amide bonds. The maximum Gasteiger partial charge on any atom is 0.138 e. The normalized spacial score (nSPS) is 19.9. The molecule has 1 fully saturated rings. The molecule has 0 atom stereocenters. The summed E-state index contributed by atoms with van der Waals surface area (Å²) in [6.07, 6.45) is 2.12. The molecule has 4 nitrogen and oxygen atoms in total. The van der Waals surface area contributed by atoms with E-state index in [0.29, 0.717) is 13.2 Å². The highest BCUT2D eigenvalue weighted by atomic mass is 16.5. The van der Waals surface area contributed by atoms with E-state index in [1.807, 2.05) is 0 Å². The number of methoxy groups -OCH3 is 1. The first-order valence-corrected chi connectivity index (χ1v) is 5.12. The van der Waals surface area contributed by atoms with Crippen LogP contribution in [0.5, 0.6) is 0 Å². The summed E-state index contributed by atoms with van der Waals surface area (Å²) in [6.45, 7) is 2.49. The molecule has 1 saturated heterocycles. The van der Waals surface area contributed by atoms with Crippen molar-refractivity contribution in [3.8, 4) is 0 Å². The fraction of sp³-hybridized carbons (Fsp3) is 0.900. The molecule has 0 spiro atoms. The van der Waals surface area contributed by atoms with E-state index in [1.54, 1.807) is 7.11 Å². The standard InChI is InChI=1S/C10H19NO3/c1-14-8-11-5-2-9(3-6-11)10(13)4-7-12/h9,12H,2-8H2,1H3. The van der Waals surface area contributed by atoms with E-state index in [9.17, 15) is 4.79 Å². The highest BCUT2D eigenvalue weighted by Crippen LogP contribution is 2.18. The summed E-state index contributed by atoms with van der Waals surface area (Å²) in [5, 5.41) is 8.65. The van der Waals surface area contributed by atoms with Gasteiger partial charge in [0.05, 0.1) is 6.73 Å². The Labute approximate surface area is 84.8 Å². The fourth-order valence-corrected chi connectivity index (χ4v) is 1.88. The van der Waals surface area contributed by atoms with Crippen LogP contribution in [0.2, 0.25) is 0 Å². The Kier molecular flexibility index (Phi) is 5.07. The van der Waals surface area contributed by atoms with E-state index in [-0.39, 0.29) is 18.3 Å². The molecule has 1 N–H and O–H groups in total. The SMILES string of the molecule is COCN1CCC(C(=O)CCO)CC1. The van der Waals surface area contributed by atoms with Crippen molar-refractivity contribution in [2.75, 3.05) is 33.5 Å². The minimum Gasteiger partial charge on any atom is -0.396 e. The van der Waals surface area contributed by atoms with Gasteiger partial charge in [-0.15, -0.1) is 0 Å². The number of hydrogen-bond acceptors (Lipinski definition) is 4. The molecule has 0 radical (unpaired) electrons. The van der Waals surface area contributed by atoms with Crippen LogP contribution in [-0.4, -0.2) is 49.3 Å². The highest BCUT2D eigenvalue weighted by Gasteiger charge is 2.23. The molecule has 0 aromatic carbocycles. The molecular weight excluding hydrogens is 182 g/mol. The average Bonchev–Trinajstić information content (AvgIpc) is 2.20. The van der Waals surface area contributed by atoms with Gasteiger partial charge in [0.2, 0.25) is 0 Å². The molecule has 1 rings (SSSR count). The van der Waals surface area contributed by atoms with E-state index in [4.69, 9.17) is 9.84 Å². The van der Waals surface area contributed by atoms with E-state index < -0.39 is 0 Å². The number of hydrogen-bond donors (Lipinski definition) is 1. The van der Waals surface area contributed by atoms with Gasteiger partial charge in [0.1, 0.15) is 5.78 Å². The molecule has 0 unspecified atom stereocenters. The third kappa shape index (κ3) is 3.36. The van der Waals surface area contributed by atoms with Gasteiger partial charge in [-0.3, -0.25) is 9.69 Å². The lowest BCUT2D eigenvalue weighted by molar-refractivity contribution is -0.125. The van der Waals surface area contributed by atoms with Crippen molar-refractivity contribution in [2.24, 2.45) is 5.92 Å². The molecule has 0 saturated carbocycles. The summed E-state index contributed by atoms with van der Waals surface area (Å²) in [7, 11) is 1.68. The summed E-state index contributed by atoms with van der Waals surface area (Å²) < 4.78 is 5.03. The number of ether oxygens (including phenoxy) is 1. The van der Waals surface area contributed by atoms with E-state index in [1.165, 1.54) is 0 Å². The zero-order valence-corrected chi connectivity index (χ0v) is 8.74. The minimum absolute atomic E-state index is 0.0167. The lowest BCUT2D eigenvalue weighted by atomic mass is 9.91. The van der Waals surface area contributed by atoms with Gasteiger partial charge in [-0.05, 0) is 12.8 Å². The summed E-state index contributed by atoms with van der Waals surface area (Å²) in [4.78, 5) is 13.7. The number of rotatable bonds is 5. The summed E-state index contributed by atoms with van der Waals surface area (Å²) >= 11 is 0. The minimum atomic E-state index is -0.0167. The van der Waals surface area contributed by atoms with Gasteiger partial charge in [-0.1, -0.05) is 0 Å². The first kappa shape index (κ1) is 11.6. The van der Waals surface area contributed by atoms with Gasteiger partial charge in [-0.2, -0.15) is 0 Å². The van der Waals surface area contributed by atoms with Crippen LogP contribution in [0.4, 0.5) is 0 Å². The van der Waals surface area contributed by atoms with Crippen LogP contribution in [0, 0.1) is 5.92 Å². The Morgan fingerprint density at radius 1 is 1.50 bits per heavy atom. The number of likely N-dealkylation sites (tertiary alicyclic amines) is 1. The number of carbonyl (C=O) groups excluding carboxylic acids is 1. The Bertz CT molecular complexity index is 176. The van der Waals surface area contributed by atoms with Gasteiger partial charge in [0.25, 0.3) is 0 Å². The Hall–Kier alpha value is -0.450. The molecule has 1 heterocycles. The molecule has 0 bridgehead atoms. The summed E-state index contributed by atoms with van der Waals surface area (Å²) in [5.41, 5.74) is 0. The van der Waals surface area contributed by atoms with Crippen LogP contribution in [0.1, 0.15) is 19.3 Å². The van der Waals surface area contributed by atoms with Crippen LogP contribution in [0.3, 0.4) is 0 Å². The molecular formula is C10H19NO3. The zero-order chi connectivity index (χ0) is 10.4. The van der Waals surface area contributed by atoms with Crippen molar-refractivity contribution in [3.63, 3.8) is 0 Å². The molecule has 0 aromatic rings. The third-order valence-corrected chi connectivity index (χ3v) is 2.71.